The molecule has 13 aromatic rings. The zero-order valence-corrected chi connectivity index (χ0v) is 81.5. The second-order valence-electron chi connectivity index (χ2n) is 33.0. The Morgan fingerprint density at radius 2 is 0.699 bits per heavy atom. The second-order valence-corrected chi connectivity index (χ2v) is 35.7. The van der Waals surface area contributed by atoms with Gasteiger partial charge < -0.3 is 19.8 Å². The number of ketones is 2. The maximum Gasteiger partial charge on any atom is 2.00 e. The van der Waals surface area contributed by atoms with Gasteiger partial charge in [-0.2, -0.15) is 17.5 Å². The average Bonchev–Trinajstić information content (AvgIpc) is 1.62. The minimum Gasteiger partial charge on any atom is -0.655 e. The van der Waals surface area contributed by atoms with Gasteiger partial charge in [-0.25, -0.2) is 30.2 Å². The van der Waals surface area contributed by atoms with Crippen LogP contribution < -0.4 is 19.8 Å². The van der Waals surface area contributed by atoms with E-state index >= 15 is 0 Å². The summed E-state index contributed by atoms with van der Waals surface area (Å²) >= 11 is 28.1. The number of carbonyl (C=O) groups is 2. The van der Waals surface area contributed by atoms with Crippen LogP contribution in [0.5, 0.6) is 0 Å². The standard InChI is InChI=1S/C110H87Cl4N14O2S2.Zn/c1-7-11-15-19-23-67-27-41-75(42-28-67)127(76-43-29-68(30-44-76)24-20-16-12-8-2)107-95-55-51-91(119-95)79(49-39-71-35-37-73(105-103(71)123-131-125-105)59-85-101(99(65-115)117-5)81-61-87(111)89(113)63-83(81)109(85)129)93-53-57-97(121-93)108(128(77-45-31-69(32-46-77)25-21-17-13-9-3)78-47-33-70(34-48-78)26-22-18-14-10-4)98-58-54-94(122-98)80(92-52-56-96(107)120-92)50-40-72-36-38-74(106-104(72)124-132-126-106)60-86-102(100(66-116)118-6)82-62-88(112)90(114)64-84(82)110(86)130;/h27-38,41-48,51-64H,7-26H2,1-4H3,(H-,119,120,121,122,123,124,125,126,129,130);/q-1;+2/p-1/b91-79?,92-80?,93-79?,94-80?,101-99-,102-100+,107-95?,107-96?,108-97?,108-98?;. The third-order valence-corrected chi connectivity index (χ3v) is 26.8. The van der Waals surface area contributed by atoms with Gasteiger partial charge in [-0.15, -0.1) is 22.1 Å². The molecule has 0 N–H and O–H groups in total. The molecule has 8 bridgehead atoms. The molecule has 0 saturated heterocycles. The van der Waals surface area contributed by atoms with Gasteiger partial charge in [0.25, 0.3) is 11.4 Å². The third-order valence-electron chi connectivity index (χ3n) is 24.3. The summed E-state index contributed by atoms with van der Waals surface area (Å²) in [5.41, 5.74) is 19.8. The van der Waals surface area contributed by atoms with Crippen molar-refractivity contribution < 1.29 is 29.1 Å². The van der Waals surface area contributed by atoms with E-state index in [-0.39, 0.29) is 84.4 Å². The molecule has 8 aromatic carbocycles. The van der Waals surface area contributed by atoms with E-state index in [2.05, 4.69) is 168 Å². The first-order valence-electron chi connectivity index (χ1n) is 44.7. The van der Waals surface area contributed by atoms with Crippen LogP contribution in [0.25, 0.3) is 101 Å². The molecule has 17 rings (SSSR count). The number of hydrogen-bond acceptors (Lipinski definition) is 14. The molecule has 0 atom stereocenters. The first-order chi connectivity index (χ1) is 64.6. The molecular formula is C110H86Cl4N14O2S2Zn. The van der Waals surface area contributed by atoms with Gasteiger partial charge in [0.2, 0.25) is 0 Å². The molecule has 650 valence electrons. The molecule has 0 fully saturated rings. The summed E-state index contributed by atoms with van der Waals surface area (Å²) in [7, 11) is 0. The molecule has 4 aliphatic rings. The normalized spacial score (nSPS) is 13.7. The smallest absolute Gasteiger partial charge is 0.655 e. The van der Waals surface area contributed by atoms with E-state index in [1.54, 1.807) is 12.2 Å². The van der Waals surface area contributed by atoms with Crippen molar-refractivity contribution in [3.63, 3.8) is 0 Å². The molecule has 7 heterocycles. The first-order valence-corrected chi connectivity index (χ1v) is 47.7. The van der Waals surface area contributed by atoms with Gasteiger partial charge in [0.1, 0.15) is 22.1 Å². The number of rotatable bonds is 28. The molecule has 0 radical (unpaired) electrons. The Morgan fingerprint density at radius 1 is 0.391 bits per heavy atom. The summed E-state index contributed by atoms with van der Waals surface area (Å²) < 4.78 is 19.3. The van der Waals surface area contributed by atoms with Crippen LogP contribution in [0.2, 0.25) is 20.1 Å². The van der Waals surface area contributed by atoms with Crippen LogP contribution in [0.3, 0.4) is 0 Å². The molecule has 0 unspecified atom stereocenters. The van der Waals surface area contributed by atoms with E-state index in [1.165, 1.54) is 72.2 Å². The summed E-state index contributed by atoms with van der Waals surface area (Å²) in [5.74, 6) is 13.5. The number of nitriles is 2. The maximum absolute atomic E-state index is 14.5. The second kappa shape index (κ2) is 42.5. The minimum atomic E-state index is -0.434. The van der Waals surface area contributed by atoms with Gasteiger partial charge in [0, 0.05) is 78.4 Å². The van der Waals surface area contributed by atoms with Gasteiger partial charge in [-0.05, 0) is 206 Å². The summed E-state index contributed by atoms with van der Waals surface area (Å²) in [4.78, 5) is 63.7. The first kappa shape index (κ1) is 93.0. The van der Waals surface area contributed by atoms with E-state index in [0.717, 1.165) is 149 Å². The van der Waals surface area contributed by atoms with Crippen LogP contribution in [-0.2, 0) is 45.2 Å². The van der Waals surface area contributed by atoms with Gasteiger partial charge in [-0.3, -0.25) is 9.59 Å². The van der Waals surface area contributed by atoms with Crippen LogP contribution in [-0.4, -0.2) is 39.0 Å². The Balaban J connectivity index is 0.0000129. The van der Waals surface area contributed by atoms with Crippen molar-refractivity contribution in [2.24, 2.45) is 0 Å². The summed E-state index contributed by atoms with van der Waals surface area (Å²) in [5, 5.41) is 21.4. The number of benzene rings is 8. The van der Waals surface area contributed by atoms with Crippen LogP contribution in [0.1, 0.15) is 241 Å². The van der Waals surface area contributed by atoms with E-state index < -0.39 is 11.6 Å². The maximum atomic E-state index is 14.5. The number of allylic oxidation sites excluding steroid dienone is 6. The number of aryl methyl sites for hydroxylation is 4. The molecule has 5 aromatic heterocycles. The van der Waals surface area contributed by atoms with E-state index in [0.29, 0.717) is 123 Å². The van der Waals surface area contributed by atoms with Crippen molar-refractivity contribution in [1.29, 1.82) is 10.5 Å². The van der Waals surface area contributed by atoms with Crippen molar-refractivity contribution in [2.45, 2.75) is 156 Å². The van der Waals surface area contributed by atoms with E-state index in [4.69, 9.17) is 97.0 Å². The number of hydrogen-bond donors (Lipinski definition) is 0. The predicted octanol–water partition coefficient (Wildman–Crippen LogP) is 29.6. The fourth-order valence-electron chi connectivity index (χ4n) is 17.4. The Labute approximate surface area is 815 Å². The fourth-order valence-corrected chi connectivity index (χ4v) is 19.2. The zero-order chi connectivity index (χ0) is 91.5. The van der Waals surface area contributed by atoms with Gasteiger partial charge in [-0.1, -0.05) is 260 Å². The number of anilines is 6. The van der Waals surface area contributed by atoms with Crippen molar-refractivity contribution in [2.75, 3.05) is 9.80 Å². The average molecular weight is 1910 g/mol. The largest absolute Gasteiger partial charge is 2.00 e. The summed E-state index contributed by atoms with van der Waals surface area (Å²) in [6.45, 7) is 25.0. The number of fused-ring (bicyclic) bond motifs is 12. The minimum absolute atomic E-state index is 0. The Hall–Kier alpha value is -13.2. The molecule has 23 heteroatoms. The molecular weight excluding hydrogens is 1820 g/mol. The summed E-state index contributed by atoms with van der Waals surface area (Å²) in [6.07, 6.45) is 33.0. The van der Waals surface area contributed by atoms with Crippen LogP contribution in [0.15, 0.2) is 192 Å². The van der Waals surface area contributed by atoms with Crippen LogP contribution >= 0.6 is 69.9 Å². The van der Waals surface area contributed by atoms with Crippen LogP contribution in [0, 0.1) is 59.5 Å². The molecule has 2 aliphatic heterocycles. The Bertz CT molecular complexity index is 6920. The summed E-state index contributed by atoms with van der Waals surface area (Å²) in [6, 6.07) is 60.5. The number of Topliss-reactive ketones (excluding diaryl/α,β-unsaturated/α-hetero) is 2. The molecule has 0 amide bonds. The van der Waals surface area contributed by atoms with Crippen LogP contribution in [0.4, 0.5) is 34.1 Å². The van der Waals surface area contributed by atoms with Gasteiger partial charge in [0.05, 0.1) is 114 Å². The van der Waals surface area contributed by atoms with E-state index in [1.807, 2.05) is 85.0 Å². The quantitative estimate of drug-likeness (QED) is 0.0112. The number of unbranched alkanes of at least 4 members (excludes halogenated alkanes) is 12. The number of carbonyl (C=O) groups excluding carboxylic acids is 2. The van der Waals surface area contributed by atoms with Gasteiger partial charge in [0.15, 0.2) is 11.6 Å². The van der Waals surface area contributed by atoms with Crippen molar-refractivity contribution >= 4 is 207 Å². The number of halogens is 4. The molecule has 16 nitrogen and oxygen atoms in total. The monoisotopic (exact) mass is 1900 g/mol. The zero-order valence-electron chi connectivity index (χ0n) is 73.9. The fraction of sp³-hybridized carbons (Fsp3) is 0.218. The predicted molar refractivity (Wildman–Crippen MR) is 540 cm³/mol. The topological polar surface area (TPSA) is 202 Å². The Morgan fingerprint density at radius 3 is 1.02 bits per heavy atom. The number of nitrogens with zero attached hydrogens (tertiary/aromatic N) is 14. The van der Waals surface area contributed by atoms with Gasteiger partial charge >= 0.3 is 19.5 Å². The SMILES string of the molecule is [C-]#[N+]/C(C#N)=C1\C(=C\c2ccc(C#Cc3c4nc(c(N(c5ccc(CCCCCC)cc5)c5ccc(CCCCCC)cc5)c5ccc([n-]5)c(C#Cc5ccc(/C=C6\C(=O)c7cc(Cl)c(Cl)cc7\C6=C(\C#N)[N+]#[C-])c6nsnc56)c5nc(c(N(c6ccc(CCCCCC)cc6)c6ccc(CCCCCC)cc6)c6ccc3[n-]6)C=C5)C=C4)c3nsnc23)C(=O)c2cc(Cl)c(Cl)cc21.[Zn+2]. The van der Waals surface area contributed by atoms with E-state index in [9.17, 15) is 20.1 Å². The molecule has 2 aliphatic carbocycles. The number of aromatic nitrogens is 8. The van der Waals surface area contributed by atoms with Crippen molar-refractivity contribution in [3.8, 4) is 35.8 Å². The third kappa shape index (κ3) is 19.7. The Kier molecular flexibility index (Phi) is 29.8. The molecule has 0 spiro atoms. The van der Waals surface area contributed by atoms with Crippen molar-refractivity contribution in [3.05, 3.63) is 336 Å². The van der Waals surface area contributed by atoms with Crippen molar-refractivity contribution in [1.82, 2.24) is 37.4 Å². The molecule has 133 heavy (non-hydrogen) atoms. The molecule has 0 saturated carbocycles.